The molecule has 2 heterocycles. The standard InChI is InChI=1S/C22H21BrFN5O/c23-16-13-14(5-8-17(16)24)22(30)29-11-9-28(10-12-29)21-20(25-15-6-7-15)26-18-3-1-2-4-19(18)27-21/h1-5,8,13,15H,6-7,9-12H2,(H,25,26). The van der Waals surface area contributed by atoms with E-state index in [1.54, 1.807) is 4.90 Å². The van der Waals surface area contributed by atoms with E-state index in [9.17, 15) is 9.18 Å². The zero-order chi connectivity index (χ0) is 20.7. The summed E-state index contributed by atoms with van der Waals surface area (Å²) in [4.78, 5) is 26.5. The predicted octanol–water partition coefficient (Wildman–Crippen LogP) is 4.07. The lowest BCUT2D eigenvalue weighted by molar-refractivity contribution is 0.0746. The monoisotopic (exact) mass is 469 g/mol. The van der Waals surface area contributed by atoms with Gasteiger partial charge in [-0.25, -0.2) is 14.4 Å². The second kappa shape index (κ2) is 7.83. The number of amides is 1. The summed E-state index contributed by atoms with van der Waals surface area (Å²) in [6, 6.07) is 12.7. The first-order valence-electron chi connectivity index (χ1n) is 10.1. The molecule has 0 unspecified atom stereocenters. The summed E-state index contributed by atoms with van der Waals surface area (Å²) in [7, 11) is 0. The third-order valence-electron chi connectivity index (χ3n) is 5.50. The van der Waals surface area contributed by atoms with Gasteiger partial charge in [0, 0.05) is 37.8 Å². The number of nitrogens with zero attached hydrogens (tertiary/aromatic N) is 4. The van der Waals surface area contributed by atoms with Crippen molar-refractivity contribution in [3.8, 4) is 0 Å². The van der Waals surface area contributed by atoms with Crippen LogP contribution in [-0.2, 0) is 0 Å². The summed E-state index contributed by atoms with van der Waals surface area (Å²) in [6.07, 6.45) is 2.31. The van der Waals surface area contributed by atoms with Gasteiger partial charge in [0.1, 0.15) is 5.82 Å². The number of benzene rings is 2. The molecular weight excluding hydrogens is 449 g/mol. The molecule has 0 bridgehead atoms. The number of carbonyl (C=O) groups is 1. The molecule has 0 spiro atoms. The third-order valence-corrected chi connectivity index (χ3v) is 6.11. The number of halogens is 2. The molecule has 2 aromatic carbocycles. The molecule has 1 N–H and O–H groups in total. The van der Waals surface area contributed by atoms with Crippen LogP contribution in [0.2, 0.25) is 0 Å². The number of aromatic nitrogens is 2. The van der Waals surface area contributed by atoms with Gasteiger partial charge in [-0.15, -0.1) is 0 Å². The van der Waals surface area contributed by atoms with Crippen molar-refractivity contribution in [2.45, 2.75) is 18.9 Å². The lowest BCUT2D eigenvalue weighted by atomic mass is 10.1. The fourth-order valence-electron chi connectivity index (χ4n) is 3.66. The van der Waals surface area contributed by atoms with Crippen molar-refractivity contribution in [1.29, 1.82) is 0 Å². The van der Waals surface area contributed by atoms with Gasteiger partial charge in [-0.2, -0.15) is 0 Å². The van der Waals surface area contributed by atoms with E-state index >= 15 is 0 Å². The molecule has 30 heavy (non-hydrogen) atoms. The van der Waals surface area contributed by atoms with Crippen LogP contribution in [0.15, 0.2) is 46.9 Å². The second-order valence-corrected chi connectivity index (χ2v) is 8.57. The van der Waals surface area contributed by atoms with E-state index in [-0.39, 0.29) is 11.7 Å². The highest BCUT2D eigenvalue weighted by atomic mass is 79.9. The van der Waals surface area contributed by atoms with Crippen LogP contribution < -0.4 is 10.2 Å². The number of carbonyl (C=O) groups excluding carboxylic acids is 1. The molecule has 3 aromatic rings. The summed E-state index contributed by atoms with van der Waals surface area (Å²) in [5, 5.41) is 3.51. The van der Waals surface area contributed by atoms with Crippen LogP contribution in [0.5, 0.6) is 0 Å². The minimum Gasteiger partial charge on any atom is -0.364 e. The number of anilines is 2. The van der Waals surface area contributed by atoms with Gasteiger partial charge >= 0.3 is 0 Å². The Labute approximate surface area is 182 Å². The van der Waals surface area contributed by atoms with Crippen LogP contribution in [0.1, 0.15) is 23.2 Å². The molecule has 1 amide bonds. The van der Waals surface area contributed by atoms with Crippen LogP contribution in [0.3, 0.4) is 0 Å². The Bertz CT molecular complexity index is 1110. The highest BCUT2D eigenvalue weighted by molar-refractivity contribution is 9.10. The summed E-state index contributed by atoms with van der Waals surface area (Å²) < 4.78 is 13.8. The lowest BCUT2D eigenvalue weighted by Crippen LogP contribution is -2.49. The number of para-hydroxylation sites is 2. The van der Waals surface area contributed by atoms with Crippen molar-refractivity contribution in [3.05, 3.63) is 58.3 Å². The Hall–Kier alpha value is -2.74. The van der Waals surface area contributed by atoms with Gasteiger partial charge in [-0.1, -0.05) is 12.1 Å². The molecule has 8 heteroatoms. The number of nitrogens with one attached hydrogen (secondary N) is 1. The van der Waals surface area contributed by atoms with Crippen molar-refractivity contribution < 1.29 is 9.18 Å². The van der Waals surface area contributed by atoms with Crippen LogP contribution in [0.25, 0.3) is 11.0 Å². The molecular formula is C22H21BrFN5O. The third kappa shape index (κ3) is 3.84. The van der Waals surface area contributed by atoms with Crippen molar-refractivity contribution in [3.63, 3.8) is 0 Å². The Morgan fingerprint density at radius 2 is 1.73 bits per heavy atom. The molecule has 0 atom stereocenters. The molecule has 0 radical (unpaired) electrons. The first-order chi connectivity index (χ1) is 14.6. The Morgan fingerprint density at radius 3 is 2.40 bits per heavy atom. The van der Waals surface area contributed by atoms with Gasteiger partial charge in [0.2, 0.25) is 0 Å². The quantitative estimate of drug-likeness (QED) is 0.623. The summed E-state index contributed by atoms with van der Waals surface area (Å²) >= 11 is 3.15. The summed E-state index contributed by atoms with van der Waals surface area (Å²) in [5.74, 6) is 1.20. The number of fused-ring (bicyclic) bond motifs is 1. The SMILES string of the molecule is O=C(c1ccc(F)c(Br)c1)N1CCN(c2nc3ccccc3nc2NC2CC2)CC1. The average Bonchev–Trinajstić information content (AvgIpc) is 3.59. The molecule has 154 valence electrons. The van der Waals surface area contributed by atoms with Gasteiger partial charge in [-0.3, -0.25) is 4.79 Å². The van der Waals surface area contributed by atoms with Gasteiger partial charge in [0.25, 0.3) is 5.91 Å². The van der Waals surface area contributed by atoms with E-state index in [2.05, 4.69) is 26.1 Å². The molecule has 1 saturated heterocycles. The average molecular weight is 470 g/mol. The van der Waals surface area contributed by atoms with Crippen molar-refractivity contribution >= 4 is 44.5 Å². The van der Waals surface area contributed by atoms with E-state index in [4.69, 9.17) is 9.97 Å². The second-order valence-electron chi connectivity index (χ2n) is 7.71. The Morgan fingerprint density at radius 1 is 1.03 bits per heavy atom. The number of hydrogen-bond acceptors (Lipinski definition) is 5. The fourth-order valence-corrected chi connectivity index (χ4v) is 4.04. The first-order valence-corrected chi connectivity index (χ1v) is 10.9. The van der Waals surface area contributed by atoms with Crippen molar-refractivity contribution in [2.75, 3.05) is 36.4 Å². The number of piperazine rings is 1. The molecule has 2 fully saturated rings. The molecule has 6 nitrogen and oxygen atoms in total. The maximum atomic E-state index is 13.5. The summed E-state index contributed by atoms with van der Waals surface area (Å²) in [5.41, 5.74) is 2.22. The van der Waals surface area contributed by atoms with Crippen LogP contribution in [0.4, 0.5) is 16.0 Å². The zero-order valence-electron chi connectivity index (χ0n) is 16.3. The highest BCUT2D eigenvalue weighted by Crippen LogP contribution is 2.31. The largest absolute Gasteiger partial charge is 0.364 e. The number of hydrogen-bond donors (Lipinski definition) is 1. The fraction of sp³-hybridized carbons (Fsp3) is 0.318. The first kappa shape index (κ1) is 19.2. The predicted molar refractivity (Wildman–Crippen MR) is 118 cm³/mol. The van der Waals surface area contributed by atoms with E-state index in [1.165, 1.54) is 18.2 Å². The molecule has 1 aromatic heterocycles. The van der Waals surface area contributed by atoms with E-state index in [1.807, 2.05) is 24.3 Å². The zero-order valence-corrected chi connectivity index (χ0v) is 17.9. The summed E-state index contributed by atoms with van der Waals surface area (Å²) in [6.45, 7) is 2.48. The van der Waals surface area contributed by atoms with Gasteiger partial charge in [-0.05, 0) is 59.1 Å². The lowest BCUT2D eigenvalue weighted by Gasteiger charge is -2.36. The van der Waals surface area contributed by atoms with E-state index < -0.39 is 0 Å². The molecule has 2 aliphatic rings. The maximum Gasteiger partial charge on any atom is 0.254 e. The molecule has 1 aliphatic heterocycles. The highest BCUT2D eigenvalue weighted by Gasteiger charge is 2.28. The Kier molecular flexibility index (Phi) is 5.02. The molecule has 1 aliphatic carbocycles. The smallest absolute Gasteiger partial charge is 0.254 e. The van der Waals surface area contributed by atoms with Crippen LogP contribution >= 0.6 is 15.9 Å². The van der Waals surface area contributed by atoms with Crippen molar-refractivity contribution in [2.24, 2.45) is 0 Å². The van der Waals surface area contributed by atoms with Crippen molar-refractivity contribution in [1.82, 2.24) is 14.9 Å². The Balaban J connectivity index is 1.35. The maximum absolute atomic E-state index is 13.5. The normalized spacial score (nSPS) is 16.7. The number of rotatable bonds is 4. The molecule has 5 rings (SSSR count). The minimum atomic E-state index is -0.373. The minimum absolute atomic E-state index is 0.0868. The van der Waals surface area contributed by atoms with E-state index in [0.29, 0.717) is 42.3 Å². The van der Waals surface area contributed by atoms with Crippen LogP contribution in [-0.4, -0.2) is 53.0 Å². The van der Waals surface area contributed by atoms with Crippen LogP contribution in [0, 0.1) is 5.82 Å². The van der Waals surface area contributed by atoms with E-state index in [0.717, 1.165) is 35.5 Å². The van der Waals surface area contributed by atoms with Gasteiger partial charge in [0.15, 0.2) is 11.6 Å². The van der Waals surface area contributed by atoms with Gasteiger partial charge < -0.3 is 15.1 Å². The topological polar surface area (TPSA) is 61.4 Å². The molecule has 1 saturated carbocycles. The van der Waals surface area contributed by atoms with Gasteiger partial charge in [0.05, 0.1) is 15.5 Å².